The number of hydrazine groups is 1. The van der Waals surface area contributed by atoms with Crippen LogP contribution in [0.4, 0.5) is 18.9 Å². The molecule has 0 atom stereocenters. The normalized spacial score (nSPS) is 12.4. The molecule has 1 heterocycles. The maximum atomic E-state index is 12.3. The van der Waals surface area contributed by atoms with Gasteiger partial charge in [0, 0.05) is 7.11 Å². The molecule has 0 unspecified atom stereocenters. The summed E-state index contributed by atoms with van der Waals surface area (Å²) in [5, 5.41) is 2.69. The second-order valence-corrected chi connectivity index (χ2v) is 3.42. The molecule has 106 valence electrons. The van der Waals surface area contributed by atoms with Crippen molar-refractivity contribution in [3.05, 3.63) is 24.0 Å². The molecule has 0 radical (unpaired) electrons. The Labute approximate surface area is 107 Å². The summed E-state index contributed by atoms with van der Waals surface area (Å²) in [4.78, 5) is 7.29. The van der Waals surface area contributed by atoms with Gasteiger partial charge in [0.15, 0.2) is 0 Å². The number of hydrogen-bond donors (Lipinski definition) is 3. The van der Waals surface area contributed by atoms with Gasteiger partial charge in [-0.3, -0.25) is 5.43 Å². The number of guanidine groups is 1. The van der Waals surface area contributed by atoms with E-state index in [0.29, 0.717) is 18.8 Å². The Bertz CT molecular complexity index is 418. The highest BCUT2D eigenvalue weighted by Crippen LogP contribution is 2.27. The number of nitrogens with zero attached hydrogens (tertiary/aromatic N) is 2. The molecule has 4 N–H and O–H groups in total. The Kier molecular flexibility index (Phi) is 5.52. The number of nitrogens with one attached hydrogen (secondary N) is 2. The molecule has 0 bridgehead atoms. The average molecular weight is 277 g/mol. The van der Waals surface area contributed by atoms with Crippen molar-refractivity contribution >= 4 is 11.6 Å². The van der Waals surface area contributed by atoms with Crippen molar-refractivity contribution in [1.29, 1.82) is 0 Å². The summed E-state index contributed by atoms with van der Waals surface area (Å²) in [7, 11) is 1.53. The Morgan fingerprint density at radius 2 is 2.21 bits per heavy atom. The van der Waals surface area contributed by atoms with Crippen LogP contribution in [-0.2, 0) is 10.9 Å². The van der Waals surface area contributed by atoms with Gasteiger partial charge < -0.3 is 10.1 Å². The van der Waals surface area contributed by atoms with Crippen LogP contribution >= 0.6 is 0 Å². The Morgan fingerprint density at radius 1 is 1.47 bits per heavy atom. The second kappa shape index (κ2) is 6.90. The van der Waals surface area contributed by atoms with Crippen molar-refractivity contribution in [2.24, 2.45) is 10.8 Å². The number of rotatable bonds is 4. The minimum Gasteiger partial charge on any atom is -0.383 e. The van der Waals surface area contributed by atoms with Gasteiger partial charge in [0.1, 0.15) is 5.69 Å². The maximum absolute atomic E-state index is 12.3. The van der Waals surface area contributed by atoms with E-state index in [0.717, 1.165) is 12.3 Å². The highest BCUT2D eigenvalue weighted by atomic mass is 19.4. The summed E-state index contributed by atoms with van der Waals surface area (Å²) in [6.07, 6.45) is -3.41. The molecule has 0 spiro atoms. The SMILES string of the molecule is COCCN=C(NN)Nc1ccc(C(F)(F)F)nc1. The quantitative estimate of drug-likeness (QED) is 0.251. The number of anilines is 1. The van der Waals surface area contributed by atoms with E-state index in [1.807, 2.05) is 0 Å². The van der Waals surface area contributed by atoms with Crippen molar-refractivity contribution in [2.45, 2.75) is 6.18 Å². The summed E-state index contributed by atoms with van der Waals surface area (Å²) >= 11 is 0. The minimum atomic E-state index is -4.46. The van der Waals surface area contributed by atoms with Crippen molar-refractivity contribution in [2.75, 3.05) is 25.6 Å². The van der Waals surface area contributed by atoms with Crippen LogP contribution in [0.25, 0.3) is 0 Å². The smallest absolute Gasteiger partial charge is 0.383 e. The van der Waals surface area contributed by atoms with Crippen LogP contribution in [0.1, 0.15) is 5.69 Å². The highest BCUT2D eigenvalue weighted by Gasteiger charge is 2.31. The first-order chi connectivity index (χ1) is 8.97. The summed E-state index contributed by atoms with van der Waals surface area (Å²) in [5.74, 6) is 5.42. The van der Waals surface area contributed by atoms with E-state index in [-0.39, 0.29) is 5.96 Å². The number of alkyl halides is 3. The third-order valence-corrected chi connectivity index (χ3v) is 2.02. The number of aliphatic imine (C=N–C) groups is 1. The van der Waals surface area contributed by atoms with E-state index in [4.69, 9.17) is 10.6 Å². The first kappa shape index (κ1) is 15.2. The lowest BCUT2D eigenvalue weighted by Crippen LogP contribution is -2.36. The fourth-order valence-electron chi connectivity index (χ4n) is 1.14. The van der Waals surface area contributed by atoms with Gasteiger partial charge in [-0.05, 0) is 12.1 Å². The Balaban J connectivity index is 2.68. The molecule has 0 aliphatic carbocycles. The number of methoxy groups -OCH3 is 1. The lowest BCUT2D eigenvalue weighted by atomic mass is 10.3. The maximum Gasteiger partial charge on any atom is 0.433 e. The molecule has 19 heavy (non-hydrogen) atoms. The van der Waals surface area contributed by atoms with Crippen LogP contribution in [0.3, 0.4) is 0 Å². The van der Waals surface area contributed by atoms with Crippen LogP contribution in [0.5, 0.6) is 0 Å². The van der Waals surface area contributed by atoms with Gasteiger partial charge in [-0.15, -0.1) is 0 Å². The van der Waals surface area contributed by atoms with E-state index >= 15 is 0 Å². The van der Waals surface area contributed by atoms with Gasteiger partial charge in [0.2, 0.25) is 5.96 Å². The van der Waals surface area contributed by atoms with Gasteiger partial charge in [0.25, 0.3) is 0 Å². The fraction of sp³-hybridized carbons (Fsp3) is 0.400. The van der Waals surface area contributed by atoms with Crippen molar-refractivity contribution in [1.82, 2.24) is 10.4 Å². The van der Waals surface area contributed by atoms with Crippen molar-refractivity contribution in [3.8, 4) is 0 Å². The fourth-order valence-corrected chi connectivity index (χ4v) is 1.14. The van der Waals surface area contributed by atoms with Crippen LogP contribution < -0.4 is 16.6 Å². The lowest BCUT2D eigenvalue weighted by Gasteiger charge is -2.10. The van der Waals surface area contributed by atoms with E-state index in [1.54, 1.807) is 0 Å². The second-order valence-electron chi connectivity index (χ2n) is 3.42. The van der Waals surface area contributed by atoms with E-state index in [1.165, 1.54) is 13.2 Å². The highest BCUT2D eigenvalue weighted by molar-refractivity contribution is 5.92. The molecular formula is C10H14F3N5O. The molecule has 1 rings (SSSR count). The molecule has 0 aliphatic heterocycles. The molecule has 6 nitrogen and oxygen atoms in total. The topological polar surface area (TPSA) is 84.6 Å². The molecule has 9 heteroatoms. The van der Waals surface area contributed by atoms with Crippen LogP contribution in [-0.4, -0.2) is 31.2 Å². The predicted molar refractivity (Wildman–Crippen MR) is 64.4 cm³/mol. The average Bonchev–Trinajstić information content (AvgIpc) is 2.37. The zero-order valence-electron chi connectivity index (χ0n) is 10.2. The van der Waals surface area contributed by atoms with Gasteiger partial charge in [-0.2, -0.15) is 13.2 Å². The van der Waals surface area contributed by atoms with E-state index < -0.39 is 11.9 Å². The summed E-state index contributed by atoms with van der Waals surface area (Å²) in [6, 6.07) is 2.10. The molecular weight excluding hydrogens is 263 g/mol. The van der Waals surface area contributed by atoms with Crippen LogP contribution in [0, 0.1) is 0 Å². The van der Waals surface area contributed by atoms with Crippen LogP contribution in [0.15, 0.2) is 23.3 Å². The Morgan fingerprint density at radius 3 is 2.68 bits per heavy atom. The van der Waals surface area contributed by atoms with E-state index in [9.17, 15) is 13.2 Å². The first-order valence-electron chi connectivity index (χ1n) is 5.27. The third-order valence-electron chi connectivity index (χ3n) is 2.02. The molecule has 0 saturated heterocycles. The number of pyridine rings is 1. The van der Waals surface area contributed by atoms with Gasteiger partial charge in [-0.25, -0.2) is 15.8 Å². The number of aromatic nitrogens is 1. The summed E-state index contributed by atoms with van der Waals surface area (Å²) in [6.45, 7) is 0.759. The van der Waals surface area contributed by atoms with Gasteiger partial charge in [0.05, 0.1) is 25.0 Å². The monoisotopic (exact) mass is 277 g/mol. The minimum absolute atomic E-state index is 0.207. The number of ether oxygens (including phenoxy) is 1. The zero-order valence-corrected chi connectivity index (χ0v) is 10.2. The van der Waals surface area contributed by atoms with Crippen molar-refractivity contribution < 1.29 is 17.9 Å². The van der Waals surface area contributed by atoms with Gasteiger partial charge in [-0.1, -0.05) is 0 Å². The first-order valence-corrected chi connectivity index (χ1v) is 5.27. The molecule has 1 aromatic heterocycles. The molecule has 0 saturated carbocycles. The van der Waals surface area contributed by atoms with Gasteiger partial charge >= 0.3 is 6.18 Å². The molecule has 0 amide bonds. The van der Waals surface area contributed by atoms with Crippen LogP contribution in [0.2, 0.25) is 0 Å². The lowest BCUT2D eigenvalue weighted by molar-refractivity contribution is -0.141. The molecule has 1 aromatic rings. The largest absolute Gasteiger partial charge is 0.433 e. The number of nitrogens with two attached hydrogens (primary N) is 1. The Hall–Kier alpha value is -1.87. The molecule has 0 aliphatic rings. The summed E-state index contributed by atoms with van der Waals surface area (Å²) < 4.78 is 41.7. The zero-order chi connectivity index (χ0) is 14.3. The predicted octanol–water partition coefficient (Wildman–Crippen LogP) is 0.978. The molecule has 0 aromatic carbocycles. The summed E-state index contributed by atoms with van der Waals surface area (Å²) in [5.41, 5.74) is 1.66. The number of hydrogen-bond acceptors (Lipinski definition) is 4. The number of halogens is 3. The van der Waals surface area contributed by atoms with E-state index in [2.05, 4.69) is 20.7 Å². The van der Waals surface area contributed by atoms with Crippen molar-refractivity contribution in [3.63, 3.8) is 0 Å². The third kappa shape index (κ3) is 5.10. The standard InChI is InChI=1S/C10H14F3N5O/c1-19-5-4-15-9(18-14)17-7-2-3-8(16-6-7)10(11,12)13/h2-3,6H,4-5,14H2,1H3,(H2,15,17,18). The molecule has 0 fully saturated rings.